The van der Waals surface area contributed by atoms with Crippen LogP contribution in [0.25, 0.3) is 0 Å². The first-order chi connectivity index (χ1) is 9.40. The van der Waals surface area contributed by atoms with Crippen LogP contribution in [0.4, 0.5) is 0 Å². The van der Waals surface area contributed by atoms with Gasteiger partial charge in [0.25, 0.3) is 5.78 Å². The second kappa shape index (κ2) is 9.06. The quantitative estimate of drug-likeness (QED) is 0.277. The molecule has 2 atom stereocenters. The lowest BCUT2D eigenvalue weighted by atomic mass is 9.90. The maximum absolute atomic E-state index is 11.9. The maximum Gasteiger partial charge on any atom is 0.375 e. The van der Waals surface area contributed by atoms with Crippen molar-refractivity contribution in [1.29, 1.82) is 0 Å². The van der Waals surface area contributed by atoms with E-state index < -0.39 is 35.5 Å². The van der Waals surface area contributed by atoms with Crippen LogP contribution < -0.4 is 0 Å². The first-order valence-electron chi connectivity index (χ1n) is 6.44. The molecule has 0 aromatic heterocycles. The van der Waals surface area contributed by atoms with Crippen molar-refractivity contribution in [2.45, 2.75) is 27.7 Å². The van der Waals surface area contributed by atoms with Crippen LogP contribution in [0.2, 0.25) is 0 Å². The van der Waals surface area contributed by atoms with Crippen molar-refractivity contribution in [2.24, 2.45) is 11.8 Å². The van der Waals surface area contributed by atoms with Gasteiger partial charge in [0.15, 0.2) is 0 Å². The van der Waals surface area contributed by atoms with Gasteiger partial charge in [-0.05, 0) is 20.8 Å². The third kappa shape index (κ3) is 4.99. The van der Waals surface area contributed by atoms with Gasteiger partial charge in [-0.3, -0.25) is 14.4 Å². The Morgan fingerprint density at radius 2 is 1.25 bits per heavy atom. The van der Waals surface area contributed by atoms with E-state index >= 15 is 0 Å². The predicted octanol–water partition coefficient (Wildman–Crippen LogP) is 0.497. The summed E-state index contributed by atoms with van der Waals surface area (Å²) >= 11 is 0. The molecule has 7 heteroatoms. The summed E-state index contributed by atoms with van der Waals surface area (Å²) in [6.07, 6.45) is 0. The number of esters is 3. The fourth-order valence-corrected chi connectivity index (χ4v) is 1.51. The zero-order valence-electron chi connectivity index (χ0n) is 12.1. The average molecular weight is 288 g/mol. The fourth-order valence-electron chi connectivity index (χ4n) is 1.51. The molecule has 0 aromatic carbocycles. The van der Waals surface area contributed by atoms with Gasteiger partial charge in [-0.1, -0.05) is 6.92 Å². The topological polar surface area (TPSA) is 96.0 Å². The molecular formula is C13H20O7. The van der Waals surface area contributed by atoms with E-state index in [1.54, 1.807) is 13.8 Å². The van der Waals surface area contributed by atoms with Crippen LogP contribution in [0.5, 0.6) is 0 Å². The van der Waals surface area contributed by atoms with Crippen molar-refractivity contribution in [3.8, 4) is 0 Å². The van der Waals surface area contributed by atoms with E-state index in [0.717, 1.165) is 0 Å². The lowest BCUT2D eigenvalue weighted by molar-refractivity contribution is -0.168. The molecule has 0 heterocycles. The predicted molar refractivity (Wildman–Crippen MR) is 67.6 cm³/mol. The summed E-state index contributed by atoms with van der Waals surface area (Å²) in [7, 11) is 0. The molecule has 114 valence electrons. The number of carbonyl (C=O) groups is 4. The average Bonchev–Trinajstić information content (AvgIpc) is 2.39. The molecule has 0 bridgehead atoms. The van der Waals surface area contributed by atoms with Gasteiger partial charge in [-0.15, -0.1) is 0 Å². The van der Waals surface area contributed by atoms with Crippen molar-refractivity contribution in [3.63, 3.8) is 0 Å². The second-order valence-electron chi connectivity index (χ2n) is 3.86. The number of hydrogen-bond donors (Lipinski definition) is 0. The van der Waals surface area contributed by atoms with Crippen LogP contribution in [0.15, 0.2) is 0 Å². The van der Waals surface area contributed by atoms with Crippen LogP contribution >= 0.6 is 0 Å². The molecule has 0 amide bonds. The zero-order valence-corrected chi connectivity index (χ0v) is 12.1. The molecule has 0 aliphatic heterocycles. The van der Waals surface area contributed by atoms with Crippen molar-refractivity contribution in [1.82, 2.24) is 0 Å². The third-order valence-corrected chi connectivity index (χ3v) is 2.46. The Morgan fingerprint density at radius 3 is 1.70 bits per heavy atom. The SMILES string of the molecule is CCOC(=O)C(=O)[C@H](C(=O)OCC)[C@@H](C)C(=O)OCC. The van der Waals surface area contributed by atoms with Crippen LogP contribution in [0.1, 0.15) is 27.7 Å². The van der Waals surface area contributed by atoms with Gasteiger partial charge in [-0.25, -0.2) is 4.79 Å². The Balaban J connectivity index is 5.17. The third-order valence-electron chi connectivity index (χ3n) is 2.46. The Morgan fingerprint density at radius 1 is 0.800 bits per heavy atom. The molecule has 20 heavy (non-hydrogen) atoms. The Bertz CT molecular complexity index is 375. The minimum absolute atomic E-state index is 0.00605. The molecule has 0 aliphatic carbocycles. The number of rotatable bonds is 8. The Labute approximate surface area is 117 Å². The van der Waals surface area contributed by atoms with Gasteiger partial charge in [0, 0.05) is 0 Å². The highest BCUT2D eigenvalue weighted by atomic mass is 16.5. The molecule has 0 N–H and O–H groups in total. The van der Waals surface area contributed by atoms with Crippen molar-refractivity contribution in [2.75, 3.05) is 19.8 Å². The normalized spacial score (nSPS) is 13.0. The summed E-state index contributed by atoms with van der Waals surface area (Å²) in [5.41, 5.74) is 0. The molecule has 0 radical (unpaired) electrons. The van der Waals surface area contributed by atoms with Crippen LogP contribution in [0.3, 0.4) is 0 Å². The zero-order chi connectivity index (χ0) is 15.7. The van der Waals surface area contributed by atoms with Crippen molar-refractivity contribution in [3.05, 3.63) is 0 Å². The van der Waals surface area contributed by atoms with Gasteiger partial charge in [0.2, 0.25) is 0 Å². The number of ether oxygens (including phenoxy) is 3. The molecule has 0 rings (SSSR count). The van der Waals surface area contributed by atoms with Gasteiger partial charge in [-0.2, -0.15) is 0 Å². The van der Waals surface area contributed by atoms with Crippen LogP contribution in [-0.2, 0) is 33.4 Å². The monoisotopic (exact) mass is 288 g/mol. The van der Waals surface area contributed by atoms with Crippen molar-refractivity contribution < 1.29 is 33.4 Å². The largest absolute Gasteiger partial charge is 0.466 e. The van der Waals surface area contributed by atoms with Gasteiger partial charge >= 0.3 is 17.9 Å². The molecular weight excluding hydrogens is 268 g/mol. The Kier molecular flexibility index (Phi) is 8.19. The minimum atomic E-state index is -1.55. The first kappa shape index (κ1) is 18.1. The van der Waals surface area contributed by atoms with Gasteiger partial charge in [0.05, 0.1) is 25.7 Å². The smallest absolute Gasteiger partial charge is 0.375 e. The van der Waals surface area contributed by atoms with Gasteiger partial charge in [0.1, 0.15) is 5.92 Å². The van der Waals surface area contributed by atoms with E-state index in [0.29, 0.717) is 0 Å². The minimum Gasteiger partial charge on any atom is -0.466 e. The summed E-state index contributed by atoms with van der Waals surface area (Å²) < 4.78 is 14.0. The molecule has 0 aromatic rings. The van der Waals surface area contributed by atoms with E-state index in [1.807, 2.05) is 0 Å². The number of ketones is 1. The molecule has 0 unspecified atom stereocenters. The molecule has 0 saturated carbocycles. The van der Waals surface area contributed by atoms with E-state index in [9.17, 15) is 19.2 Å². The van der Waals surface area contributed by atoms with E-state index in [4.69, 9.17) is 9.47 Å². The fraction of sp³-hybridized carbons (Fsp3) is 0.692. The lowest BCUT2D eigenvalue weighted by Gasteiger charge is -2.19. The summed E-state index contributed by atoms with van der Waals surface area (Å²) in [5.74, 6) is -6.62. The number of hydrogen-bond acceptors (Lipinski definition) is 7. The summed E-state index contributed by atoms with van der Waals surface area (Å²) in [6, 6.07) is 0. The second-order valence-corrected chi connectivity index (χ2v) is 3.86. The van der Waals surface area contributed by atoms with Gasteiger partial charge < -0.3 is 14.2 Å². The molecule has 0 spiro atoms. The van der Waals surface area contributed by atoms with E-state index in [2.05, 4.69) is 4.74 Å². The summed E-state index contributed by atoms with van der Waals surface area (Å²) in [4.78, 5) is 46.8. The molecule has 0 saturated heterocycles. The van der Waals surface area contributed by atoms with E-state index in [1.165, 1.54) is 13.8 Å². The molecule has 0 aliphatic rings. The van der Waals surface area contributed by atoms with Crippen LogP contribution in [0, 0.1) is 11.8 Å². The highest BCUT2D eigenvalue weighted by Crippen LogP contribution is 2.18. The maximum atomic E-state index is 11.9. The number of Topliss-reactive ketones (excluding diaryl/α,β-unsaturated/α-hetero) is 1. The highest BCUT2D eigenvalue weighted by Gasteiger charge is 2.42. The van der Waals surface area contributed by atoms with Crippen LogP contribution in [-0.4, -0.2) is 43.5 Å². The van der Waals surface area contributed by atoms with E-state index in [-0.39, 0.29) is 19.8 Å². The highest BCUT2D eigenvalue weighted by molar-refractivity contribution is 6.38. The molecule has 7 nitrogen and oxygen atoms in total. The standard InChI is InChI=1S/C13H20O7/c1-5-18-11(15)8(4)9(12(16)19-6-2)10(14)13(17)20-7-3/h8-9H,5-7H2,1-4H3/t8-,9-/m1/s1. The Hall–Kier alpha value is -1.92. The van der Waals surface area contributed by atoms with Crippen molar-refractivity contribution >= 4 is 23.7 Å². The summed E-state index contributed by atoms with van der Waals surface area (Å²) in [6.45, 7) is 6.13. The number of carbonyl (C=O) groups excluding carboxylic acids is 4. The lowest BCUT2D eigenvalue weighted by Crippen LogP contribution is -2.40. The summed E-state index contributed by atoms with van der Waals surface area (Å²) in [5, 5.41) is 0. The first-order valence-corrected chi connectivity index (χ1v) is 6.44. The molecule has 0 fully saturated rings.